The molecule has 3 aromatic rings. The van der Waals surface area contributed by atoms with Crippen LogP contribution in [0.15, 0.2) is 88.7 Å². The van der Waals surface area contributed by atoms with Gasteiger partial charge in [0.25, 0.3) is 5.69 Å². The first-order chi connectivity index (χ1) is 12.9. The van der Waals surface area contributed by atoms with E-state index in [9.17, 15) is 18.5 Å². The highest BCUT2D eigenvalue weighted by Gasteiger charge is 2.24. The van der Waals surface area contributed by atoms with Crippen LogP contribution >= 0.6 is 11.8 Å². The molecule has 0 bridgehead atoms. The minimum Gasteiger partial charge on any atom is -0.258 e. The molecule has 3 rings (SSSR count). The molecule has 0 saturated heterocycles. The highest BCUT2D eigenvalue weighted by atomic mass is 32.2. The summed E-state index contributed by atoms with van der Waals surface area (Å²) in [5.74, 6) is 0. The van der Waals surface area contributed by atoms with Gasteiger partial charge in [0.05, 0.1) is 20.0 Å². The Morgan fingerprint density at radius 1 is 0.889 bits per heavy atom. The molecule has 6 nitrogen and oxygen atoms in total. The Kier molecular flexibility index (Phi) is 5.59. The number of sulfonamides is 1. The average Bonchev–Trinajstić information content (AvgIpc) is 2.66. The molecule has 0 spiro atoms. The molecule has 0 heterocycles. The topological polar surface area (TPSA) is 103 Å². The number of nitro groups is 1. The van der Waals surface area contributed by atoms with Gasteiger partial charge >= 0.3 is 0 Å². The number of rotatable bonds is 6. The predicted octanol–water partition coefficient (Wildman–Crippen LogP) is 4.12. The Bertz CT molecular complexity index is 1020. The van der Waals surface area contributed by atoms with Crippen LogP contribution in [0.5, 0.6) is 0 Å². The minimum absolute atomic E-state index is 0.188. The van der Waals surface area contributed by atoms with Gasteiger partial charge in [0.1, 0.15) is 0 Å². The van der Waals surface area contributed by atoms with Gasteiger partial charge in [-0.15, -0.1) is 11.8 Å². The molecular formula is C19H16N2O4S2. The third kappa shape index (κ3) is 4.54. The van der Waals surface area contributed by atoms with Gasteiger partial charge < -0.3 is 0 Å². The Morgan fingerprint density at radius 2 is 1.41 bits per heavy atom. The number of benzene rings is 3. The first-order valence-electron chi connectivity index (χ1n) is 7.94. The molecule has 0 aliphatic rings. The summed E-state index contributed by atoms with van der Waals surface area (Å²) in [4.78, 5) is 11.0. The fourth-order valence-electron chi connectivity index (χ4n) is 2.63. The van der Waals surface area contributed by atoms with Crippen molar-refractivity contribution >= 4 is 27.5 Å². The maximum Gasteiger partial charge on any atom is 0.284 e. The molecule has 3 aromatic carbocycles. The van der Waals surface area contributed by atoms with Crippen LogP contribution in [0.1, 0.15) is 16.4 Å². The zero-order valence-electron chi connectivity index (χ0n) is 14.1. The number of nitrogens with two attached hydrogens (primary N) is 1. The molecule has 0 saturated carbocycles. The standard InChI is InChI=1S/C19H16N2O4S2/c20-27(24,25)16-11-12-18(17(13-16)21(22)23)26-19(14-7-3-1-4-8-14)15-9-5-2-6-10-15/h1-13,19H,(H2,20,24,25). The van der Waals surface area contributed by atoms with Gasteiger partial charge in [0.2, 0.25) is 10.0 Å². The Labute approximate surface area is 161 Å². The minimum atomic E-state index is -4.02. The number of hydrogen-bond donors (Lipinski definition) is 1. The SMILES string of the molecule is NS(=O)(=O)c1ccc(SC(c2ccccc2)c2ccccc2)c([N+](=O)[O-])c1. The normalized spacial score (nSPS) is 11.5. The quantitative estimate of drug-likeness (QED) is 0.381. The van der Waals surface area contributed by atoms with Crippen molar-refractivity contribution in [2.45, 2.75) is 15.0 Å². The summed E-state index contributed by atoms with van der Waals surface area (Å²) in [5, 5.41) is 16.4. The first-order valence-corrected chi connectivity index (χ1v) is 10.4. The second-order valence-corrected chi connectivity index (χ2v) is 8.46. The number of nitrogens with zero attached hydrogens (tertiary/aromatic N) is 1. The maximum atomic E-state index is 11.5. The largest absolute Gasteiger partial charge is 0.284 e. The third-order valence-corrected chi connectivity index (χ3v) is 6.20. The monoisotopic (exact) mass is 400 g/mol. The van der Waals surface area contributed by atoms with Crippen molar-refractivity contribution in [2.24, 2.45) is 5.14 Å². The molecule has 0 amide bonds. The van der Waals surface area contributed by atoms with Crippen LogP contribution in [0.4, 0.5) is 5.69 Å². The molecule has 0 aromatic heterocycles. The predicted molar refractivity (Wildman–Crippen MR) is 105 cm³/mol. The van der Waals surface area contributed by atoms with E-state index in [0.29, 0.717) is 4.90 Å². The molecule has 8 heteroatoms. The van der Waals surface area contributed by atoms with Crippen LogP contribution in [0, 0.1) is 10.1 Å². The summed E-state index contributed by atoms with van der Waals surface area (Å²) >= 11 is 1.29. The van der Waals surface area contributed by atoms with Crippen molar-refractivity contribution in [1.82, 2.24) is 0 Å². The van der Waals surface area contributed by atoms with Crippen LogP contribution in [-0.2, 0) is 10.0 Å². The molecular weight excluding hydrogens is 384 g/mol. The Hall–Kier alpha value is -2.68. The van der Waals surface area contributed by atoms with Crippen LogP contribution in [-0.4, -0.2) is 13.3 Å². The fourth-order valence-corrected chi connectivity index (χ4v) is 4.40. The van der Waals surface area contributed by atoms with Crippen molar-refractivity contribution in [3.8, 4) is 0 Å². The molecule has 0 radical (unpaired) electrons. The van der Waals surface area contributed by atoms with Crippen molar-refractivity contribution in [2.75, 3.05) is 0 Å². The van der Waals surface area contributed by atoms with Crippen LogP contribution in [0.3, 0.4) is 0 Å². The van der Waals surface area contributed by atoms with Gasteiger partial charge in [-0.1, -0.05) is 60.7 Å². The smallest absolute Gasteiger partial charge is 0.258 e. The van der Waals surface area contributed by atoms with Gasteiger partial charge in [0, 0.05) is 6.07 Å². The summed E-state index contributed by atoms with van der Waals surface area (Å²) in [7, 11) is -4.02. The number of nitro benzene ring substituents is 1. The van der Waals surface area contributed by atoms with Crippen LogP contribution in [0.2, 0.25) is 0 Å². The number of primary sulfonamides is 1. The average molecular weight is 400 g/mol. The van der Waals surface area contributed by atoms with E-state index in [4.69, 9.17) is 5.14 Å². The fraction of sp³-hybridized carbons (Fsp3) is 0.0526. The van der Waals surface area contributed by atoms with Crippen molar-refractivity contribution in [3.05, 3.63) is 100 Å². The van der Waals surface area contributed by atoms with E-state index in [0.717, 1.165) is 17.2 Å². The molecule has 0 aliphatic heterocycles. The Morgan fingerprint density at radius 3 is 1.85 bits per heavy atom. The van der Waals surface area contributed by atoms with Crippen molar-refractivity contribution in [1.29, 1.82) is 0 Å². The zero-order valence-corrected chi connectivity index (χ0v) is 15.7. The van der Waals surface area contributed by atoms with E-state index >= 15 is 0 Å². The van der Waals surface area contributed by atoms with Gasteiger partial charge in [-0.2, -0.15) is 0 Å². The van der Waals surface area contributed by atoms with E-state index in [1.807, 2.05) is 60.7 Å². The van der Waals surface area contributed by atoms with E-state index in [2.05, 4.69) is 0 Å². The third-order valence-electron chi connectivity index (χ3n) is 3.91. The highest BCUT2D eigenvalue weighted by molar-refractivity contribution is 7.99. The Balaban J connectivity index is 2.08. The first kappa shape index (κ1) is 19.1. The zero-order chi connectivity index (χ0) is 19.4. The lowest BCUT2D eigenvalue weighted by Gasteiger charge is -2.18. The van der Waals surface area contributed by atoms with Gasteiger partial charge in [-0.05, 0) is 23.3 Å². The van der Waals surface area contributed by atoms with Crippen molar-refractivity contribution in [3.63, 3.8) is 0 Å². The van der Waals surface area contributed by atoms with Crippen molar-refractivity contribution < 1.29 is 13.3 Å². The van der Waals surface area contributed by atoms with Gasteiger partial charge in [0.15, 0.2) is 0 Å². The van der Waals surface area contributed by atoms with Gasteiger partial charge in [-0.25, -0.2) is 13.6 Å². The molecule has 0 aliphatic carbocycles. The molecule has 0 atom stereocenters. The lowest BCUT2D eigenvalue weighted by atomic mass is 10.0. The summed E-state index contributed by atoms with van der Waals surface area (Å²) < 4.78 is 23.1. The molecule has 27 heavy (non-hydrogen) atoms. The summed E-state index contributed by atoms with van der Waals surface area (Å²) in [5.41, 5.74) is 1.68. The highest BCUT2D eigenvalue weighted by Crippen LogP contribution is 2.44. The number of thioether (sulfide) groups is 1. The summed E-state index contributed by atoms with van der Waals surface area (Å²) in [6.45, 7) is 0. The van der Waals surface area contributed by atoms with E-state index in [-0.39, 0.29) is 15.8 Å². The molecule has 138 valence electrons. The summed E-state index contributed by atoms with van der Waals surface area (Å²) in [6, 6.07) is 23.0. The number of hydrogen-bond acceptors (Lipinski definition) is 5. The molecule has 2 N–H and O–H groups in total. The lowest BCUT2D eigenvalue weighted by molar-refractivity contribution is -0.388. The van der Waals surface area contributed by atoms with Crippen LogP contribution < -0.4 is 5.14 Å². The molecule has 0 fully saturated rings. The summed E-state index contributed by atoms with van der Waals surface area (Å²) in [6.07, 6.45) is 0. The van der Waals surface area contributed by atoms with E-state index in [1.54, 1.807) is 0 Å². The lowest BCUT2D eigenvalue weighted by Crippen LogP contribution is -2.12. The maximum absolute atomic E-state index is 11.5. The van der Waals surface area contributed by atoms with E-state index < -0.39 is 14.9 Å². The second-order valence-electron chi connectivity index (χ2n) is 5.75. The molecule has 0 unspecified atom stereocenters. The second kappa shape index (κ2) is 7.91. The van der Waals surface area contributed by atoms with Crippen LogP contribution in [0.25, 0.3) is 0 Å². The van der Waals surface area contributed by atoms with Gasteiger partial charge in [-0.3, -0.25) is 10.1 Å². The van der Waals surface area contributed by atoms with E-state index in [1.165, 1.54) is 23.9 Å².